The van der Waals surface area contributed by atoms with Gasteiger partial charge in [-0.05, 0) is 18.2 Å². The van der Waals surface area contributed by atoms with E-state index in [0.29, 0.717) is 0 Å². The van der Waals surface area contributed by atoms with E-state index >= 15 is 0 Å². The Morgan fingerprint density at radius 3 is 2.57 bits per heavy atom. The van der Waals surface area contributed by atoms with Crippen LogP contribution in [0.3, 0.4) is 0 Å². The monoisotopic (exact) mass is 201 g/mol. The lowest BCUT2D eigenvalue weighted by Crippen LogP contribution is -2.10. The Balaban J connectivity index is 3.14. The van der Waals surface area contributed by atoms with Crippen LogP contribution in [0, 0.1) is 0 Å². The zero-order valence-corrected chi connectivity index (χ0v) is 7.01. The van der Waals surface area contributed by atoms with Crippen molar-refractivity contribution in [1.82, 2.24) is 4.98 Å². The van der Waals surface area contributed by atoms with E-state index in [1.54, 1.807) is 0 Å². The maximum atomic E-state index is 12.1. The maximum Gasteiger partial charge on any atom is 0.433 e. The van der Waals surface area contributed by atoms with Gasteiger partial charge in [0.1, 0.15) is 11.4 Å². The number of carbonyl (C=O) groups is 1. The van der Waals surface area contributed by atoms with E-state index in [1.165, 1.54) is 6.07 Å². The molecular weight excluding hydrogens is 195 g/mol. The summed E-state index contributed by atoms with van der Waals surface area (Å²) in [5.74, 6) is -0.629. The molecule has 0 aliphatic rings. The Labute approximate surface area is 78.1 Å². The van der Waals surface area contributed by atoms with Crippen LogP contribution < -0.4 is 0 Å². The average molecular weight is 201 g/mol. The van der Waals surface area contributed by atoms with Crippen molar-refractivity contribution >= 4 is 5.78 Å². The van der Waals surface area contributed by atoms with Crippen LogP contribution in [0.5, 0.6) is 0 Å². The molecule has 0 spiro atoms. The molecule has 0 unspecified atom stereocenters. The highest BCUT2D eigenvalue weighted by molar-refractivity contribution is 6.02. The number of carbonyl (C=O) groups excluding carboxylic acids is 1. The Morgan fingerprint density at radius 1 is 1.43 bits per heavy atom. The second kappa shape index (κ2) is 3.61. The smallest absolute Gasteiger partial charge is 0.288 e. The molecule has 0 saturated carbocycles. The zero-order valence-electron chi connectivity index (χ0n) is 7.01. The number of nitrogens with zero attached hydrogens (tertiary/aromatic N) is 1. The molecule has 2 nitrogen and oxygen atoms in total. The molecule has 0 aliphatic carbocycles. The standard InChI is InChI=1S/C9H6F3NO/c1-2-7(14)6-4-3-5-8(13-6)9(10,11)12/h2-5H,1H2. The van der Waals surface area contributed by atoms with Gasteiger partial charge in [0.2, 0.25) is 5.78 Å². The number of rotatable bonds is 2. The van der Waals surface area contributed by atoms with Crippen molar-refractivity contribution in [1.29, 1.82) is 0 Å². The molecule has 0 amide bonds. The van der Waals surface area contributed by atoms with Crippen LogP contribution >= 0.6 is 0 Å². The molecule has 0 aliphatic heterocycles. The van der Waals surface area contributed by atoms with Crippen LogP contribution in [0.4, 0.5) is 13.2 Å². The summed E-state index contributed by atoms with van der Waals surface area (Å²) in [4.78, 5) is 14.1. The predicted molar refractivity (Wildman–Crippen MR) is 43.8 cm³/mol. The first-order valence-corrected chi connectivity index (χ1v) is 3.66. The molecule has 1 aromatic heterocycles. The molecule has 0 bridgehead atoms. The lowest BCUT2D eigenvalue weighted by Gasteiger charge is -2.05. The second-order valence-corrected chi connectivity index (χ2v) is 2.47. The van der Waals surface area contributed by atoms with Crippen LogP contribution in [0.25, 0.3) is 0 Å². The maximum absolute atomic E-state index is 12.1. The van der Waals surface area contributed by atoms with Crippen molar-refractivity contribution in [2.75, 3.05) is 0 Å². The SMILES string of the molecule is C=CC(=O)c1cccc(C(F)(F)F)n1. The molecule has 14 heavy (non-hydrogen) atoms. The van der Waals surface area contributed by atoms with Crippen LogP contribution in [0.15, 0.2) is 30.9 Å². The van der Waals surface area contributed by atoms with Crippen molar-refractivity contribution < 1.29 is 18.0 Å². The summed E-state index contributed by atoms with van der Waals surface area (Å²) in [7, 11) is 0. The largest absolute Gasteiger partial charge is 0.433 e. The molecule has 0 radical (unpaired) electrons. The van der Waals surface area contributed by atoms with Gasteiger partial charge in [0, 0.05) is 0 Å². The Kier molecular flexibility index (Phi) is 2.69. The highest BCUT2D eigenvalue weighted by Gasteiger charge is 2.32. The fourth-order valence-corrected chi connectivity index (χ4v) is 0.834. The van der Waals surface area contributed by atoms with Crippen LogP contribution in [-0.4, -0.2) is 10.8 Å². The summed E-state index contributed by atoms with van der Waals surface area (Å²) in [5, 5.41) is 0. The molecule has 0 fully saturated rings. The first-order chi connectivity index (χ1) is 6.45. The number of halogens is 3. The van der Waals surface area contributed by atoms with Gasteiger partial charge in [-0.25, -0.2) is 4.98 Å². The highest BCUT2D eigenvalue weighted by atomic mass is 19.4. The molecule has 1 heterocycles. The average Bonchev–Trinajstić information content (AvgIpc) is 2.15. The van der Waals surface area contributed by atoms with Crippen molar-refractivity contribution in [3.63, 3.8) is 0 Å². The molecular formula is C9H6F3NO. The third-order valence-corrected chi connectivity index (χ3v) is 1.48. The summed E-state index contributed by atoms with van der Waals surface area (Å²) in [6, 6.07) is 3.14. The second-order valence-electron chi connectivity index (χ2n) is 2.47. The van der Waals surface area contributed by atoms with E-state index in [4.69, 9.17) is 0 Å². The van der Waals surface area contributed by atoms with Gasteiger partial charge in [0.25, 0.3) is 0 Å². The topological polar surface area (TPSA) is 30.0 Å². The molecule has 0 aromatic carbocycles. The minimum absolute atomic E-state index is 0.255. The van der Waals surface area contributed by atoms with E-state index in [1.807, 2.05) is 0 Å². The molecule has 74 valence electrons. The van der Waals surface area contributed by atoms with Gasteiger partial charge in [-0.2, -0.15) is 13.2 Å². The first-order valence-electron chi connectivity index (χ1n) is 3.66. The van der Waals surface area contributed by atoms with Gasteiger partial charge in [0.05, 0.1) is 0 Å². The Hall–Kier alpha value is -1.65. The van der Waals surface area contributed by atoms with E-state index in [0.717, 1.165) is 18.2 Å². The number of allylic oxidation sites excluding steroid dienone is 1. The molecule has 1 rings (SSSR count). The van der Waals surface area contributed by atoms with Crippen molar-refractivity contribution in [3.8, 4) is 0 Å². The normalized spacial score (nSPS) is 11.1. The quantitative estimate of drug-likeness (QED) is 0.543. The minimum Gasteiger partial charge on any atom is -0.288 e. The molecule has 5 heteroatoms. The van der Waals surface area contributed by atoms with Crippen molar-refractivity contribution in [3.05, 3.63) is 42.2 Å². The number of aromatic nitrogens is 1. The third-order valence-electron chi connectivity index (χ3n) is 1.48. The number of alkyl halides is 3. The van der Waals surface area contributed by atoms with E-state index in [9.17, 15) is 18.0 Å². The fourth-order valence-electron chi connectivity index (χ4n) is 0.834. The number of hydrogen-bond acceptors (Lipinski definition) is 2. The summed E-state index contributed by atoms with van der Waals surface area (Å²) in [6.45, 7) is 3.16. The third kappa shape index (κ3) is 2.18. The number of hydrogen-bond donors (Lipinski definition) is 0. The lowest BCUT2D eigenvalue weighted by atomic mass is 10.2. The van der Waals surface area contributed by atoms with Crippen LogP contribution in [0.1, 0.15) is 16.2 Å². The van der Waals surface area contributed by atoms with Gasteiger partial charge >= 0.3 is 6.18 Å². The van der Waals surface area contributed by atoms with E-state index in [2.05, 4.69) is 11.6 Å². The van der Waals surface area contributed by atoms with Gasteiger partial charge in [0.15, 0.2) is 0 Å². The van der Waals surface area contributed by atoms with Crippen LogP contribution in [-0.2, 0) is 6.18 Å². The van der Waals surface area contributed by atoms with Crippen molar-refractivity contribution in [2.45, 2.75) is 6.18 Å². The number of ketones is 1. The van der Waals surface area contributed by atoms with Crippen molar-refractivity contribution in [2.24, 2.45) is 0 Å². The van der Waals surface area contributed by atoms with E-state index in [-0.39, 0.29) is 5.69 Å². The highest BCUT2D eigenvalue weighted by Crippen LogP contribution is 2.27. The Morgan fingerprint density at radius 2 is 2.07 bits per heavy atom. The number of pyridine rings is 1. The van der Waals surface area contributed by atoms with Gasteiger partial charge in [-0.3, -0.25) is 4.79 Å². The summed E-state index contributed by atoms with van der Waals surface area (Å²) in [5.41, 5.74) is -1.33. The molecule has 0 atom stereocenters. The first kappa shape index (κ1) is 10.4. The van der Waals surface area contributed by atoms with Gasteiger partial charge in [-0.1, -0.05) is 12.6 Å². The molecule has 0 saturated heterocycles. The summed E-state index contributed by atoms with van der Waals surface area (Å²) < 4.78 is 36.4. The zero-order chi connectivity index (χ0) is 10.8. The minimum atomic E-state index is -4.53. The summed E-state index contributed by atoms with van der Waals surface area (Å²) >= 11 is 0. The summed E-state index contributed by atoms with van der Waals surface area (Å²) in [6.07, 6.45) is -3.61. The fraction of sp³-hybridized carbons (Fsp3) is 0.111. The van der Waals surface area contributed by atoms with Gasteiger partial charge < -0.3 is 0 Å². The lowest BCUT2D eigenvalue weighted by molar-refractivity contribution is -0.141. The van der Waals surface area contributed by atoms with E-state index < -0.39 is 17.7 Å². The predicted octanol–water partition coefficient (Wildman–Crippen LogP) is 2.47. The van der Waals surface area contributed by atoms with Crippen LogP contribution in [0.2, 0.25) is 0 Å². The molecule has 1 aromatic rings. The van der Waals surface area contributed by atoms with Gasteiger partial charge in [-0.15, -0.1) is 0 Å². The Bertz CT molecular complexity index is 371. The molecule has 0 N–H and O–H groups in total.